The molecule has 0 aliphatic carbocycles. The third kappa shape index (κ3) is 1.47. The van der Waals surface area contributed by atoms with Gasteiger partial charge in [-0.05, 0) is 51.0 Å². The SMILES string of the molecule is Cc1ccc2c3c(C)cccc3n(C(C)C)c2c1. The molecule has 1 heteroatoms. The molecule has 0 spiro atoms. The summed E-state index contributed by atoms with van der Waals surface area (Å²) < 4.78 is 2.45. The van der Waals surface area contributed by atoms with Crippen LogP contribution in [0.2, 0.25) is 0 Å². The molecule has 1 heterocycles. The quantitative estimate of drug-likeness (QED) is 0.561. The number of aromatic nitrogens is 1. The fourth-order valence-corrected chi connectivity index (χ4v) is 2.94. The Morgan fingerprint density at radius 2 is 1.72 bits per heavy atom. The van der Waals surface area contributed by atoms with Crippen LogP contribution in [0.1, 0.15) is 31.0 Å². The van der Waals surface area contributed by atoms with Crippen molar-refractivity contribution in [2.24, 2.45) is 0 Å². The van der Waals surface area contributed by atoms with Crippen LogP contribution >= 0.6 is 0 Å². The van der Waals surface area contributed by atoms with Crippen molar-refractivity contribution in [3.8, 4) is 0 Å². The zero-order valence-corrected chi connectivity index (χ0v) is 11.5. The fourth-order valence-electron chi connectivity index (χ4n) is 2.94. The molecule has 0 bridgehead atoms. The molecule has 0 unspecified atom stereocenters. The standard InChI is InChI=1S/C17H19N/c1-11(2)18-15-7-5-6-13(4)17(15)14-9-8-12(3)10-16(14)18/h5-11H,1-4H3. The van der Waals surface area contributed by atoms with Crippen molar-refractivity contribution in [3.05, 3.63) is 47.5 Å². The lowest BCUT2D eigenvalue weighted by Gasteiger charge is -2.11. The van der Waals surface area contributed by atoms with Crippen LogP contribution in [-0.4, -0.2) is 4.57 Å². The van der Waals surface area contributed by atoms with E-state index in [1.165, 1.54) is 32.9 Å². The molecule has 18 heavy (non-hydrogen) atoms. The first-order chi connectivity index (χ1) is 8.59. The molecule has 0 saturated heterocycles. The van der Waals surface area contributed by atoms with Gasteiger partial charge in [0.2, 0.25) is 0 Å². The number of rotatable bonds is 1. The summed E-state index contributed by atoms with van der Waals surface area (Å²) >= 11 is 0. The van der Waals surface area contributed by atoms with Gasteiger partial charge in [0, 0.05) is 27.8 Å². The summed E-state index contributed by atoms with van der Waals surface area (Å²) in [5, 5.41) is 2.78. The predicted octanol–water partition coefficient (Wildman–Crippen LogP) is 4.99. The van der Waals surface area contributed by atoms with E-state index in [1.54, 1.807) is 0 Å². The largest absolute Gasteiger partial charge is 0.338 e. The highest BCUT2D eigenvalue weighted by molar-refractivity contribution is 6.09. The minimum atomic E-state index is 0.480. The van der Waals surface area contributed by atoms with Gasteiger partial charge in [-0.1, -0.05) is 24.3 Å². The minimum absolute atomic E-state index is 0.480. The maximum absolute atomic E-state index is 2.45. The molecule has 0 aliphatic heterocycles. The van der Waals surface area contributed by atoms with E-state index in [-0.39, 0.29) is 0 Å². The van der Waals surface area contributed by atoms with Crippen LogP contribution in [0, 0.1) is 13.8 Å². The molecule has 0 radical (unpaired) electrons. The van der Waals surface area contributed by atoms with Crippen molar-refractivity contribution in [1.29, 1.82) is 0 Å². The van der Waals surface area contributed by atoms with E-state index in [0.29, 0.717) is 6.04 Å². The topological polar surface area (TPSA) is 4.93 Å². The zero-order chi connectivity index (χ0) is 12.9. The summed E-state index contributed by atoms with van der Waals surface area (Å²) in [6.45, 7) is 8.87. The summed E-state index contributed by atoms with van der Waals surface area (Å²) in [7, 11) is 0. The summed E-state index contributed by atoms with van der Waals surface area (Å²) in [5.41, 5.74) is 5.39. The van der Waals surface area contributed by atoms with Crippen LogP contribution in [-0.2, 0) is 0 Å². The maximum atomic E-state index is 2.45. The number of aryl methyl sites for hydroxylation is 2. The molecular formula is C17H19N. The van der Waals surface area contributed by atoms with Crippen molar-refractivity contribution in [3.63, 3.8) is 0 Å². The van der Waals surface area contributed by atoms with Crippen molar-refractivity contribution < 1.29 is 0 Å². The summed E-state index contributed by atoms with van der Waals surface area (Å²) in [5.74, 6) is 0. The highest BCUT2D eigenvalue weighted by atomic mass is 15.0. The normalized spacial score (nSPS) is 11.8. The first kappa shape index (κ1) is 11.3. The molecule has 0 aliphatic rings. The first-order valence-corrected chi connectivity index (χ1v) is 6.59. The number of benzene rings is 2. The molecule has 3 rings (SSSR count). The van der Waals surface area contributed by atoms with Gasteiger partial charge in [0.25, 0.3) is 0 Å². The predicted molar refractivity (Wildman–Crippen MR) is 79.3 cm³/mol. The Morgan fingerprint density at radius 1 is 0.944 bits per heavy atom. The Morgan fingerprint density at radius 3 is 2.44 bits per heavy atom. The van der Waals surface area contributed by atoms with E-state index in [4.69, 9.17) is 0 Å². The van der Waals surface area contributed by atoms with E-state index in [0.717, 1.165) is 0 Å². The van der Waals surface area contributed by atoms with Gasteiger partial charge < -0.3 is 4.57 Å². The van der Waals surface area contributed by atoms with Gasteiger partial charge in [0.1, 0.15) is 0 Å². The molecular weight excluding hydrogens is 218 g/mol. The van der Waals surface area contributed by atoms with E-state index in [1.807, 2.05) is 0 Å². The number of nitrogens with zero attached hydrogens (tertiary/aromatic N) is 1. The average molecular weight is 237 g/mol. The van der Waals surface area contributed by atoms with Crippen LogP contribution in [0.15, 0.2) is 36.4 Å². The smallest absolute Gasteiger partial charge is 0.0496 e. The molecule has 0 amide bonds. The lowest BCUT2D eigenvalue weighted by atomic mass is 10.1. The molecule has 0 N–H and O–H groups in total. The van der Waals surface area contributed by atoms with Crippen molar-refractivity contribution in [2.75, 3.05) is 0 Å². The van der Waals surface area contributed by atoms with Gasteiger partial charge in [-0.15, -0.1) is 0 Å². The highest BCUT2D eigenvalue weighted by Crippen LogP contribution is 2.34. The molecule has 0 saturated carbocycles. The molecule has 3 aromatic rings. The van der Waals surface area contributed by atoms with Gasteiger partial charge in [0.05, 0.1) is 0 Å². The second-order valence-corrected chi connectivity index (χ2v) is 5.45. The first-order valence-electron chi connectivity index (χ1n) is 6.59. The van der Waals surface area contributed by atoms with Gasteiger partial charge in [-0.2, -0.15) is 0 Å². The summed E-state index contributed by atoms with van der Waals surface area (Å²) in [6, 6.07) is 13.8. The summed E-state index contributed by atoms with van der Waals surface area (Å²) in [4.78, 5) is 0. The maximum Gasteiger partial charge on any atom is 0.0496 e. The molecule has 1 nitrogen and oxygen atoms in total. The molecule has 0 fully saturated rings. The highest BCUT2D eigenvalue weighted by Gasteiger charge is 2.13. The van der Waals surface area contributed by atoms with Crippen LogP contribution in [0.5, 0.6) is 0 Å². The number of fused-ring (bicyclic) bond motifs is 3. The lowest BCUT2D eigenvalue weighted by Crippen LogP contribution is -1.99. The van der Waals surface area contributed by atoms with Crippen LogP contribution < -0.4 is 0 Å². The van der Waals surface area contributed by atoms with Gasteiger partial charge in [-0.25, -0.2) is 0 Å². The molecule has 1 aromatic heterocycles. The Bertz CT molecular complexity index is 732. The van der Waals surface area contributed by atoms with E-state index in [9.17, 15) is 0 Å². The fraction of sp³-hybridized carbons (Fsp3) is 0.294. The van der Waals surface area contributed by atoms with Crippen LogP contribution in [0.25, 0.3) is 21.8 Å². The molecule has 2 aromatic carbocycles. The zero-order valence-electron chi connectivity index (χ0n) is 11.5. The van der Waals surface area contributed by atoms with Crippen molar-refractivity contribution in [2.45, 2.75) is 33.7 Å². The van der Waals surface area contributed by atoms with Crippen molar-refractivity contribution >= 4 is 21.8 Å². The molecule has 0 atom stereocenters. The van der Waals surface area contributed by atoms with Gasteiger partial charge in [-0.3, -0.25) is 0 Å². The van der Waals surface area contributed by atoms with Crippen LogP contribution in [0.4, 0.5) is 0 Å². The number of hydrogen-bond acceptors (Lipinski definition) is 0. The minimum Gasteiger partial charge on any atom is -0.338 e. The summed E-state index contributed by atoms with van der Waals surface area (Å²) in [6.07, 6.45) is 0. The third-order valence-electron chi connectivity index (χ3n) is 3.71. The second-order valence-electron chi connectivity index (χ2n) is 5.45. The monoisotopic (exact) mass is 237 g/mol. The van der Waals surface area contributed by atoms with Crippen molar-refractivity contribution in [1.82, 2.24) is 4.57 Å². The van der Waals surface area contributed by atoms with Gasteiger partial charge >= 0.3 is 0 Å². The Hall–Kier alpha value is -1.76. The number of hydrogen-bond donors (Lipinski definition) is 0. The van der Waals surface area contributed by atoms with Crippen LogP contribution in [0.3, 0.4) is 0 Å². The van der Waals surface area contributed by atoms with E-state index >= 15 is 0 Å². The Kier molecular flexibility index (Phi) is 2.44. The van der Waals surface area contributed by atoms with E-state index in [2.05, 4.69) is 68.7 Å². The second kappa shape index (κ2) is 3.88. The third-order valence-corrected chi connectivity index (χ3v) is 3.71. The lowest BCUT2D eigenvalue weighted by molar-refractivity contribution is 0.642. The van der Waals surface area contributed by atoms with E-state index < -0.39 is 0 Å². The molecule has 92 valence electrons. The average Bonchev–Trinajstić information content (AvgIpc) is 2.63. The Balaban J connectivity index is 2.61. The van der Waals surface area contributed by atoms with Gasteiger partial charge in [0.15, 0.2) is 0 Å². The Labute approximate surface area is 108 Å².